The van der Waals surface area contributed by atoms with Crippen LogP contribution in [0.5, 0.6) is 0 Å². The van der Waals surface area contributed by atoms with Crippen molar-refractivity contribution >= 4 is 21.4 Å². The number of fused-ring (bicyclic) bond motifs is 1. The average Bonchev–Trinajstić information content (AvgIpc) is 2.95. The van der Waals surface area contributed by atoms with Gasteiger partial charge in [0.1, 0.15) is 11.6 Å². The van der Waals surface area contributed by atoms with E-state index >= 15 is 0 Å². The summed E-state index contributed by atoms with van der Waals surface area (Å²) in [5.74, 6) is -1.04. The van der Waals surface area contributed by atoms with E-state index < -0.39 is 11.6 Å². The zero-order valence-corrected chi connectivity index (χ0v) is 12.4. The number of rotatable bonds is 4. The van der Waals surface area contributed by atoms with Crippen molar-refractivity contribution in [2.24, 2.45) is 0 Å². The van der Waals surface area contributed by atoms with Gasteiger partial charge in [-0.2, -0.15) is 0 Å². The van der Waals surface area contributed by atoms with E-state index in [1.165, 1.54) is 22.2 Å². The highest BCUT2D eigenvalue weighted by Gasteiger charge is 2.16. The van der Waals surface area contributed by atoms with Crippen molar-refractivity contribution in [1.29, 1.82) is 0 Å². The molecule has 108 valence electrons. The first kappa shape index (κ1) is 14.2. The second-order valence-electron chi connectivity index (χ2n) is 4.97. The number of nitrogens with one attached hydrogen (secondary N) is 1. The van der Waals surface area contributed by atoms with Crippen LogP contribution in [-0.2, 0) is 6.42 Å². The lowest BCUT2D eigenvalue weighted by Crippen LogP contribution is -2.19. The first-order chi connectivity index (χ1) is 10.2. The Hall–Kier alpha value is -1.78. The highest BCUT2D eigenvalue weighted by atomic mass is 32.1. The molecule has 0 aliphatic heterocycles. The molecule has 0 saturated heterocycles. The van der Waals surface area contributed by atoms with E-state index in [9.17, 15) is 8.78 Å². The summed E-state index contributed by atoms with van der Waals surface area (Å²) in [5.41, 5.74) is 1.66. The minimum Gasteiger partial charge on any atom is -0.313 e. The number of halogens is 2. The molecule has 3 aromatic rings. The predicted octanol–water partition coefficient (Wildman–Crippen LogP) is 4.68. The molecule has 3 rings (SSSR count). The summed E-state index contributed by atoms with van der Waals surface area (Å²) >= 11 is 1.68. The molecule has 1 unspecified atom stereocenters. The molecule has 0 spiro atoms. The average molecular weight is 303 g/mol. The van der Waals surface area contributed by atoms with Crippen molar-refractivity contribution in [3.05, 3.63) is 70.6 Å². The summed E-state index contributed by atoms with van der Waals surface area (Å²) in [7, 11) is 1.86. The molecular weight excluding hydrogens is 288 g/mol. The van der Waals surface area contributed by atoms with E-state index in [2.05, 4.69) is 28.9 Å². The number of hydrogen-bond acceptors (Lipinski definition) is 2. The summed E-state index contributed by atoms with van der Waals surface area (Å²) < 4.78 is 28.1. The highest BCUT2D eigenvalue weighted by Crippen LogP contribution is 2.31. The zero-order valence-electron chi connectivity index (χ0n) is 11.6. The third-order valence-electron chi connectivity index (χ3n) is 3.67. The van der Waals surface area contributed by atoms with Gasteiger partial charge in [0.15, 0.2) is 0 Å². The minimum atomic E-state index is -0.544. The molecule has 1 N–H and O–H groups in total. The van der Waals surface area contributed by atoms with Gasteiger partial charge in [-0.25, -0.2) is 8.78 Å². The van der Waals surface area contributed by atoms with Gasteiger partial charge in [0, 0.05) is 16.8 Å². The van der Waals surface area contributed by atoms with Crippen LogP contribution in [0.2, 0.25) is 0 Å². The van der Waals surface area contributed by atoms with Crippen LogP contribution >= 0.6 is 11.3 Å². The fourth-order valence-corrected chi connectivity index (χ4v) is 3.53. The van der Waals surface area contributed by atoms with Crippen molar-refractivity contribution in [3.63, 3.8) is 0 Å². The quantitative estimate of drug-likeness (QED) is 0.738. The van der Waals surface area contributed by atoms with E-state index in [-0.39, 0.29) is 6.04 Å². The van der Waals surface area contributed by atoms with Crippen LogP contribution in [0.25, 0.3) is 10.1 Å². The molecule has 0 radical (unpaired) electrons. The normalized spacial score (nSPS) is 12.7. The molecule has 0 fully saturated rings. The van der Waals surface area contributed by atoms with E-state index in [0.717, 1.165) is 11.6 Å². The number of hydrogen-bond donors (Lipinski definition) is 1. The number of benzene rings is 2. The lowest BCUT2D eigenvalue weighted by Gasteiger charge is -2.18. The van der Waals surface area contributed by atoms with Crippen LogP contribution in [0, 0.1) is 11.6 Å². The molecule has 1 aromatic heterocycles. The molecule has 0 saturated carbocycles. The summed E-state index contributed by atoms with van der Waals surface area (Å²) in [5, 5.41) is 6.48. The summed E-state index contributed by atoms with van der Waals surface area (Å²) in [4.78, 5) is 0. The molecule has 0 aliphatic rings. The van der Waals surface area contributed by atoms with Crippen LogP contribution < -0.4 is 5.32 Å². The Kier molecular flexibility index (Phi) is 3.99. The number of likely N-dealkylation sites (N-methyl/N-ethyl adjacent to an activating group) is 1. The van der Waals surface area contributed by atoms with Gasteiger partial charge in [-0.1, -0.05) is 24.3 Å². The predicted molar refractivity (Wildman–Crippen MR) is 83.7 cm³/mol. The van der Waals surface area contributed by atoms with Gasteiger partial charge in [0.2, 0.25) is 0 Å². The summed E-state index contributed by atoms with van der Waals surface area (Å²) in [6.07, 6.45) is 0.486. The maximum atomic E-state index is 13.9. The monoisotopic (exact) mass is 303 g/mol. The molecule has 21 heavy (non-hydrogen) atoms. The zero-order chi connectivity index (χ0) is 14.8. The Labute approximate surface area is 126 Å². The molecule has 0 bridgehead atoms. The topological polar surface area (TPSA) is 12.0 Å². The third kappa shape index (κ3) is 2.82. The highest BCUT2D eigenvalue weighted by molar-refractivity contribution is 7.17. The minimum absolute atomic E-state index is 0.00712. The Balaban J connectivity index is 1.97. The maximum absolute atomic E-state index is 13.9. The lowest BCUT2D eigenvalue weighted by molar-refractivity contribution is 0.542. The fourth-order valence-electron chi connectivity index (χ4n) is 2.57. The molecule has 2 aromatic carbocycles. The molecule has 1 atom stereocenters. The Morgan fingerprint density at radius 3 is 2.76 bits per heavy atom. The van der Waals surface area contributed by atoms with E-state index in [4.69, 9.17) is 0 Å². The third-order valence-corrected chi connectivity index (χ3v) is 4.65. The van der Waals surface area contributed by atoms with Crippen LogP contribution in [-0.4, -0.2) is 7.05 Å². The van der Waals surface area contributed by atoms with Gasteiger partial charge in [0.05, 0.1) is 0 Å². The van der Waals surface area contributed by atoms with Gasteiger partial charge in [-0.3, -0.25) is 0 Å². The molecule has 1 heterocycles. The Morgan fingerprint density at radius 2 is 2.00 bits per heavy atom. The first-order valence-electron chi connectivity index (χ1n) is 6.76. The Morgan fingerprint density at radius 1 is 1.14 bits per heavy atom. The molecule has 0 aliphatic carbocycles. The van der Waals surface area contributed by atoms with Crippen LogP contribution in [0.3, 0.4) is 0 Å². The second-order valence-corrected chi connectivity index (χ2v) is 5.88. The smallest absolute Gasteiger partial charge is 0.129 e. The van der Waals surface area contributed by atoms with Crippen molar-refractivity contribution in [3.8, 4) is 0 Å². The van der Waals surface area contributed by atoms with E-state index in [0.29, 0.717) is 12.0 Å². The summed E-state index contributed by atoms with van der Waals surface area (Å²) in [6, 6.07) is 12.0. The van der Waals surface area contributed by atoms with Crippen LogP contribution in [0.15, 0.2) is 47.8 Å². The van der Waals surface area contributed by atoms with E-state index in [1.54, 1.807) is 11.3 Å². The van der Waals surface area contributed by atoms with Crippen molar-refractivity contribution in [2.45, 2.75) is 12.5 Å². The first-order valence-corrected chi connectivity index (χ1v) is 7.64. The standard InChI is InChI=1S/C17H15F2NS/c1-20-16(9-12-5-6-13(18)10-15(12)19)14-4-2-3-11-7-8-21-17(11)14/h2-8,10,16,20H,9H2,1H3. The van der Waals surface area contributed by atoms with Crippen LogP contribution in [0.1, 0.15) is 17.2 Å². The fraction of sp³-hybridized carbons (Fsp3) is 0.176. The maximum Gasteiger partial charge on any atom is 0.129 e. The van der Waals surface area contributed by atoms with Crippen molar-refractivity contribution < 1.29 is 8.78 Å². The van der Waals surface area contributed by atoms with Gasteiger partial charge in [0.25, 0.3) is 0 Å². The second kappa shape index (κ2) is 5.92. The Bertz CT molecular complexity index is 766. The molecule has 1 nitrogen and oxygen atoms in total. The van der Waals surface area contributed by atoms with Gasteiger partial charge in [-0.15, -0.1) is 11.3 Å². The largest absolute Gasteiger partial charge is 0.313 e. The van der Waals surface area contributed by atoms with Gasteiger partial charge < -0.3 is 5.32 Å². The van der Waals surface area contributed by atoms with Crippen molar-refractivity contribution in [2.75, 3.05) is 7.05 Å². The van der Waals surface area contributed by atoms with E-state index in [1.807, 2.05) is 13.1 Å². The van der Waals surface area contributed by atoms with Crippen LogP contribution in [0.4, 0.5) is 8.78 Å². The van der Waals surface area contributed by atoms with Crippen molar-refractivity contribution in [1.82, 2.24) is 5.32 Å². The molecule has 4 heteroatoms. The molecular formula is C17H15F2NS. The number of thiophene rings is 1. The SMILES string of the molecule is CNC(Cc1ccc(F)cc1F)c1cccc2ccsc12. The van der Waals surface area contributed by atoms with Gasteiger partial charge in [-0.05, 0) is 47.5 Å². The van der Waals surface area contributed by atoms with Gasteiger partial charge >= 0.3 is 0 Å². The molecule has 0 amide bonds. The lowest BCUT2D eigenvalue weighted by atomic mass is 9.97. The summed E-state index contributed by atoms with van der Waals surface area (Å²) in [6.45, 7) is 0.